The van der Waals surface area contributed by atoms with Crippen molar-refractivity contribution < 1.29 is 9.13 Å². The SMILES string of the molecule is COc1cc(Cl)c(C)cc1NCc1cccc(C#N)c1F. The maximum absolute atomic E-state index is 14.0. The van der Waals surface area contributed by atoms with Crippen LogP contribution in [-0.2, 0) is 6.54 Å². The van der Waals surface area contributed by atoms with Gasteiger partial charge in [-0.05, 0) is 24.6 Å². The van der Waals surface area contributed by atoms with Gasteiger partial charge in [-0.1, -0.05) is 23.7 Å². The fourth-order valence-corrected chi connectivity index (χ4v) is 2.12. The first-order valence-electron chi connectivity index (χ1n) is 6.32. The molecule has 21 heavy (non-hydrogen) atoms. The van der Waals surface area contributed by atoms with Gasteiger partial charge in [-0.2, -0.15) is 5.26 Å². The molecule has 0 aliphatic carbocycles. The van der Waals surface area contributed by atoms with Gasteiger partial charge in [-0.15, -0.1) is 0 Å². The molecule has 0 atom stereocenters. The van der Waals surface area contributed by atoms with E-state index in [4.69, 9.17) is 21.6 Å². The van der Waals surface area contributed by atoms with E-state index in [-0.39, 0.29) is 12.1 Å². The molecule has 0 bridgehead atoms. The number of nitriles is 1. The van der Waals surface area contributed by atoms with Crippen molar-refractivity contribution in [3.8, 4) is 11.8 Å². The molecule has 0 heterocycles. The minimum absolute atomic E-state index is 0.0357. The number of aryl methyl sites for hydroxylation is 1. The summed E-state index contributed by atoms with van der Waals surface area (Å²) >= 11 is 6.04. The van der Waals surface area contributed by atoms with Crippen LogP contribution in [0.25, 0.3) is 0 Å². The van der Waals surface area contributed by atoms with E-state index in [9.17, 15) is 4.39 Å². The smallest absolute Gasteiger partial charge is 0.145 e. The Labute approximate surface area is 127 Å². The third-order valence-corrected chi connectivity index (χ3v) is 3.56. The van der Waals surface area contributed by atoms with E-state index in [2.05, 4.69) is 5.32 Å². The summed E-state index contributed by atoms with van der Waals surface area (Å²) in [5.74, 6) is 0.0830. The van der Waals surface area contributed by atoms with Crippen molar-refractivity contribution in [1.82, 2.24) is 0 Å². The minimum atomic E-state index is -0.503. The van der Waals surface area contributed by atoms with Gasteiger partial charge in [0.2, 0.25) is 0 Å². The first-order chi connectivity index (χ1) is 10.1. The molecule has 0 amide bonds. The Bertz CT molecular complexity index is 710. The summed E-state index contributed by atoms with van der Waals surface area (Å²) in [6.45, 7) is 2.13. The summed E-state index contributed by atoms with van der Waals surface area (Å²) in [7, 11) is 1.54. The molecule has 0 aliphatic rings. The molecule has 0 fully saturated rings. The highest BCUT2D eigenvalue weighted by molar-refractivity contribution is 6.31. The lowest BCUT2D eigenvalue weighted by molar-refractivity contribution is 0.416. The average Bonchev–Trinajstić information content (AvgIpc) is 2.49. The maximum atomic E-state index is 14.0. The lowest BCUT2D eigenvalue weighted by Gasteiger charge is -2.13. The van der Waals surface area contributed by atoms with Gasteiger partial charge in [-0.3, -0.25) is 0 Å². The zero-order valence-electron chi connectivity index (χ0n) is 11.7. The Kier molecular flexibility index (Phi) is 4.66. The summed E-state index contributed by atoms with van der Waals surface area (Å²) in [5.41, 5.74) is 2.07. The molecule has 0 aliphatic heterocycles. The second-order valence-electron chi connectivity index (χ2n) is 4.55. The van der Waals surface area contributed by atoms with Crippen LogP contribution in [0.4, 0.5) is 10.1 Å². The van der Waals surface area contributed by atoms with E-state index >= 15 is 0 Å². The van der Waals surface area contributed by atoms with E-state index in [0.29, 0.717) is 16.3 Å². The zero-order chi connectivity index (χ0) is 15.4. The monoisotopic (exact) mass is 304 g/mol. The van der Waals surface area contributed by atoms with E-state index in [1.807, 2.05) is 19.1 Å². The van der Waals surface area contributed by atoms with Crippen molar-refractivity contribution in [3.05, 3.63) is 57.9 Å². The number of benzene rings is 2. The van der Waals surface area contributed by atoms with Crippen LogP contribution in [0.1, 0.15) is 16.7 Å². The van der Waals surface area contributed by atoms with E-state index in [1.165, 1.54) is 6.07 Å². The normalized spacial score (nSPS) is 10.0. The molecule has 2 aromatic carbocycles. The molecule has 5 heteroatoms. The summed E-state index contributed by atoms with van der Waals surface area (Å²) in [5, 5.41) is 12.5. The van der Waals surface area contributed by atoms with Gasteiger partial charge in [0, 0.05) is 23.2 Å². The van der Waals surface area contributed by atoms with Crippen LogP contribution < -0.4 is 10.1 Å². The molecule has 0 radical (unpaired) electrons. The van der Waals surface area contributed by atoms with Crippen LogP contribution >= 0.6 is 11.6 Å². The lowest BCUT2D eigenvalue weighted by Crippen LogP contribution is -2.04. The third kappa shape index (κ3) is 3.26. The van der Waals surface area contributed by atoms with Crippen molar-refractivity contribution in [2.75, 3.05) is 12.4 Å². The van der Waals surface area contributed by atoms with Gasteiger partial charge in [0.25, 0.3) is 0 Å². The number of methoxy groups -OCH3 is 1. The molecule has 2 rings (SSSR count). The van der Waals surface area contributed by atoms with Gasteiger partial charge in [-0.25, -0.2) is 4.39 Å². The summed E-state index contributed by atoms with van der Waals surface area (Å²) < 4.78 is 19.2. The molecule has 0 saturated carbocycles. The van der Waals surface area contributed by atoms with E-state index < -0.39 is 5.82 Å². The molecule has 3 nitrogen and oxygen atoms in total. The number of nitrogens with zero attached hydrogens (tertiary/aromatic N) is 1. The van der Waals surface area contributed by atoms with E-state index in [0.717, 1.165) is 11.3 Å². The molecule has 108 valence electrons. The number of hydrogen-bond donors (Lipinski definition) is 1. The fourth-order valence-electron chi connectivity index (χ4n) is 1.96. The topological polar surface area (TPSA) is 45.0 Å². The second-order valence-corrected chi connectivity index (χ2v) is 4.95. The van der Waals surface area contributed by atoms with Gasteiger partial charge < -0.3 is 10.1 Å². The maximum Gasteiger partial charge on any atom is 0.145 e. The lowest BCUT2D eigenvalue weighted by atomic mass is 10.1. The number of halogens is 2. The highest BCUT2D eigenvalue weighted by Gasteiger charge is 2.10. The Morgan fingerprint density at radius 2 is 2.14 bits per heavy atom. The van der Waals surface area contributed by atoms with Crippen molar-refractivity contribution >= 4 is 17.3 Å². The van der Waals surface area contributed by atoms with Crippen molar-refractivity contribution in [2.24, 2.45) is 0 Å². The molecule has 0 unspecified atom stereocenters. The zero-order valence-corrected chi connectivity index (χ0v) is 12.5. The summed E-state index contributed by atoms with van der Waals surface area (Å²) in [6, 6.07) is 10.1. The van der Waals surface area contributed by atoms with Crippen LogP contribution in [0.2, 0.25) is 5.02 Å². The highest BCUT2D eigenvalue weighted by Crippen LogP contribution is 2.31. The number of ether oxygens (including phenoxy) is 1. The Morgan fingerprint density at radius 1 is 1.38 bits per heavy atom. The summed E-state index contributed by atoms with van der Waals surface area (Å²) in [6.07, 6.45) is 0. The fraction of sp³-hybridized carbons (Fsp3) is 0.188. The number of rotatable bonds is 4. The van der Waals surface area contributed by atoms with Gasteiger partial charge in [0.05, 0.1) is 18.4 Å². The van der Waals surface area contributed by atoms with Crippen LogP contribution in [0, 0.1) is 24.1 Å². The Balaban J connectivity index is 2.25. The average molecular weight is 305 g/mol. The first-order valence-corrected chi connectivity index (χ1v) is 6.70. The predicted molar refractivity (Wildman–Crippen MR) is 81.2 cm³/mol. The Hall–Kier alpha value is -2.25. The van der Waals surface area contributed by atoms with Crippen LogP contribution in [0.5, 0.6) is 5.75 Å². The van der Waals surface area contributed by atoms with Crippen LogP contribution in [0.15, 0.2) is 30.3 Å². The number of nitrogens with one attached hydrogen (secondary N) is 1. The van der Waals surface area contributed by atoms with Crippen molar-refractivity contribution in [1.29, 1.82) is 5.26 Å². The molecule has 1 N–H and O–H groups in total. The van der Waals surface area contributed by atoms with Crippen molar-refractivity contribution in [2.45, 2.75) is 13.5 Å². The molecule has 2 aromatic rings. The largest absolute Gasteiger partial charge is 0.495 e. The van der Waals surface area contributed by atoms with Gasteiger partial charge in [0.15, 0.2) is 0 Å². The van der Waals surface area contributed by atoms with E-state index in [1.54, 1.807) is 25.3 Å². The number of hydrogen-bond acceptors (Lipinski definition) is 3. The molecular formula is C16H14ClFN2O. The standard InChI is InChI=1S/C16H14ClFN2O/c1-10-6-14(15(21-2)7-13(10)17)20-9-12-5-3-4-11(8-19)16(12)18/h3-7,20H,9H2,1-2H3. The van der Waals surface area contributed by atoms with Gasteiger partial charge in [0.1, 0.15) is 17.6 Å². The molecule has 0 saturated heterocycles. The van der Waals surface area contributed by atoms with Crippen molar-refractivity contribution in [3.63, 3.8) is 0 Å². The van der Waals surface area contributed by atoms with Gasteiger partial charge >= 0.3 is 0 Å². The number of anilines is 1. The summed E-state index contributed by atoms with van der Waals surface area (Å²) in [4.78, 5) is 0. The molecular weight excluding hydrogens is 291 g/mol. The molecule has 0 aromatic heterocycles. The minimum Gasteiger partial charge on any atom is -0.495 e. The van der Waals surface area contributed by atoms with Crippen LogP contribution in [-0.4, -0.2) is 7.11 Å². The predicted octanol–water partition coefficient (Wildman–Crippen LogP) is 4.28. The third-order valence-electron chi connectivity index (χ3n) is 3.15. The first kappa shape index (κ1) is 15.1. The van der Waals surface area contributed by atoms with Crippen LogP contribution in [0.3, 0.4) is 0 Å². The second kappa shape index (κ2) is 6.47. The Morgan fingerprint density at radius 3 is 2.81 bits per heavy atom. The highest BCUT2D eigenvalue weighted by atomic mass is 35.5. The quantitative estimate of drug-likeness (QED) is 0.917. The molecule has 0 spiro atoms.